The van der Waals surface area contributed by atoms with Crippen LogP contribution in [0.1, 0.15) is 72.4 Å². The Bertz CT molecular complexity index is 1380. The Morgan fingerprint density at radius 3 is 2.37 bits per heavy atom. The highest BCUT2D eigenvalue weighted by Crippen LogP contribution is 2.28. The van der Waals surface area contributed by atoms with Crippen molar-refractivity contribution in [1.82, 2.24) is 24.4 Å². The van der Waals surface area contributed by atoms with Crippen molar-refractivity contribution in [2.75, 3.05) is 13.1 Å². The third kappa shape index (κ3) is 5.34. The van der Waals surface area contributed by atoms with E-state index in [9.17, 15) is 4.79 Å². The summed E-state index contributed by atoms with van der Waals surface area (Å²) in [5.41, 5.74) is 11.7. The zero-order valence-electron chi connectivity index (χ0n) is 21.9. The van der Waals surface area contributed by atoms with Gasteiger partial charge < -0.3 is 10.6 Å². The first-order valence-corrected chi connectivity index (χ1v) is 14.1. The number of hydrogen-bond acceptors (Lipinski definition) is 5. The van der Waals surface area contributed by atoms with Gasteiger partial charge in [-0.25, -0.2) is 15.0 Å². The van der Waals surface area contributed by atoms with Crippen molar-refractivity contribution >= 4 is 17.1 Å². The number of carbonyl (C=O) groups excluding carboxylic acids is 1. The molecule has 2 N–H and O–H groups in total. The van der Waals surface area contributed by atoms with Gasteiger partial charge in [-0.1, -0.05) is 30.3 Å². The number of imidazole rings is 1. The molecule has 0 unspecified atom stereocenters. The minimum absolute atomic E-state index is 0.136. The van der Waals surface area contributed by atoms with Gasteiger partial charge in [-0.3, -0.25) is 9.36 Å². The number of nitrogens with zero attached hydrogens (tertiary/aromatic N) is 5. The van der Waals surface area contributed by atoms with E-state index in [4.69, 9.17) is 20.7 Å². The summed E-state index contributed by atoms with van der Waals surface area (Å²) in [4.78, 5) is 29.7. The van der Waals surface area contributed by atoms with Gasteiger partial charge in [-0.15, -0.1) is 0 Å². The van der Waals surface area contributed by atoms with E-state index in [-0.39, 0.29) is 5.91 Å². The monoisotopic (exact) mass is 508 g/mol. The molecule has 38 heavy (non-hydrogen) atoms. The van der Waals surface area contributed by atoms with Crippen LogP contribution in [0.5, 0.6) is 0 Å². The van der Waals surface area contributed by atoms with Crippen LogP contribution in [-0.2, 0) is 12.8 Å². The molecular formula is C31H36N6O. The zero-order valence-corrected chi connectivity index (χ0v) is 21.9. The third-order valence-corrected chi connectivity index (χ3v) is 8.13. The van der Waals surface area contributed by atoms with Gasteiger partial charge in [0.25, 0.3) is 5.91 Å². The van der Waals surface area contributed by atoms with E-state index in [0.717, 1.165) is 97.5 Å². The summed E-state index contributed by atoms with van der Waals surface area (Å²) < 4.78 is 2.06. The Morgan fingerprint density at radius 1 is 0.895 bits per heavy atom. The number of fused-ring (bicyclic) bond motifs is 1. The van der Waals surface area contributed by atoms with Crippen LogP contribution in [0.25, 0.3) is 16.9 Å². The van der Waals surface area contributed by atoms with E-state index in [0.29, 0.717) is 18.4 Å². The maximum atomic E-state index is 12.9. The van der Waals surface area contributed by atoms with Crippen molar-refractivity contribution in [2.24, 2.45) is 11.7 Å². The lowest BCUT2D eigenvalue weighted by Crippen LogP contribution is -2.35. The number of piperidine rings is 1. The van der Waals surface area contributed by atoms with Crippen molar-refractivity contribution in [1.29, 1.82) is 0 Å². The first kappa shape index (κ1) is 24.7. The van der Waals surface area contributed by atoms with E-state index >= 15 is 0 Å². The third-order valence-electron chi connectivity index (χ3n) is 8.13. The van der Waals surface area contributed by atoms with Gasteiger partial charge in [0.1, 0.15) is 17.7 Å². The molecule has 6 rings (SSSR count). The van der Waals surface area contributed by atoms with Crippen LogP contribution in [0.4, 0.5) is 0 Å². The van der Waals surface area contributed by atoms with Crippen molar-refractivity contribution in [3.8, 4) is 5.69 Å². The summed E-state index contributed by atoms with van der Waals surface area (Å²) in [6.07, 6.45) is 11.2. The van der Waals surface area contributed by atoms with Gasteiger partial charge in [-0.05, 0) is 80.7 Å². The Morgan fingerprint density at radius 2 is 1.63 bits per heavy atom. The molecule has 1 amide bonds. The van der Waals surface area contributed by atoms with Crippen LogP contribution in [-0.4, -0.2) is 49.5 Å². The molecule has 1 saturated carbocycles. The van der Waals surface area contributed by atoms with Crippen molar-refractivity contribution < 1.29 is 4.79 Å². The Balaban J connectivity index is 1.30. The minimum Gasteiger partial charge on any atom is -0.339 e. The smallest absolute Gasteiger partial charge is 0.253 e. The normalized spacial score (nSPS) is 20.1. The predicted molar refractivity (Wildman–Crippen MR) is 149 cm³/mol. The second-order valence-electron chi connectivity index (χ2n) is 10.9. The molecule has 3 heterocycles. The minimum atomic E-state index is 0.136. The molecule has 1 saturated heterocycles. The molecule has 2 aromatic carbocycles. The molecule has 1 aliphatic heterocycles. The molecule has 0 atom stereocenters. The number of amides is 1. The number of benzene rings is 2. The SMILES string of the molecule is NC1CCC(Cc2nc(Cc3ccc(C(=O)N4CCCCC4)cc3)c3ncn(-c4ccccc4)c3n2)CC1. The number of para-hydroxylation sites is 1. The highest BCUT2D eigenvalue weighted by atomic mass is 16.2. The summed E-state index contributed by atoms with van der Waals surface area (Å²) in [6.45, 7) is 1.72. The fourth-order valence-corrected chi connectivity index (χ4v) is 5.89. The average molecular weight is 509 g/mol. The highest BCUT2D eigenvalue weighted by molar-refractivity contribution is 5.94. The van der Waals surface area contributed by atoms with E-state index in [1.54, 1.807) is 0 Å². The molecule has 7 heteroatoms. The lowest BCUT2D eigenvalue weighted by atomic mass is 9.84. The van der Waals surface area contributed by atoms with Crippen molar-refractivity contribution in [3.63, 3.8) is 0 Å². The zero-order chi connectivity index (χ0) is 25.9. The number of nitrogens with two attached hydrogens (primary N) is 1. The highest BCUT2D eigenvalue weighted by Gasteiger charge is 2.22. The Labute approximate surface area is 224 Å². The molecule has 0 bridgehead atoms. The molecule has 2 aliphatic rings. The maximum Gasteiger partial charge on any atom is 0.253 e. The maximum absolute atomic E-state index is 12.9. The molecule has 4 aromatic rings. The Hall–Kier alpha value is -3.58. The first-order chi connectivity index (χ1) is 18.6. The van der Waals surface area contributed by atoms with Crippen molar-refractivity contribution in [2.45, 2.75) is 63.8 Å². The number of likely N-dealkylation sites (tertiary alicyclic amines) is 1. The molecule has 1 aliphatic carbocycles. The van der Waals surface area contributed by atoms with Crippen LogP contribution < -0.4 is 5.73 Å². The fourth-order valence-electron chi connectivity index (χ4n) is 5.89. The van der Waals surface area contributed by atoms with Gasteiger partial charge in [0.2, 0.25) is 0 Å². The molecule has 7 nitrogen and oxygen atoms in total. The fraction of sp³-hybridized carbons (Fsp3) is 0.419. The summed E-state index contributed by atoms with van der Waals surface area (Å²) in [6, 6.07) is 18.6. The molecule has 196 valence electrons. The van der Waals surface area contributed by atoms with Gasteiger partial charge >= 0.3 is 0 Å². The van der Waals surface area contributed by atoms with Gasteiger partial charge in [0.15, 0.2) is 5.65 Å². The second kappa shape index (κ2) is 11.0. The second-order valence-corrected chi connectivity index (χ2v) is 10.9. The topological polar surface area (TPSA) is 89.9 Å². The summed E-state index contributed by atoms with van der Waals surface area (Å²) in [7, 11) is 0. The lowest BCUT2D eigenvalue weighted by Gasteiger charge is -2.26. The van der Waals surface area contributed by atoms with Gasteiger partial charge in [0.05, 0.1) is 5.69 Å². The van der Waals surface area contributed by atoms with Crippen LogP contribution in [0.2, 0.25) is 0 Å². The lowest BCUT2D eigenvalue weighted by molar-refractivity contribution is 0.0724. The number of carbonyl (C=O) groups is 1. The van der Waals surface area contributed by atoms with Crippen LogP contribution in [0.15, 0.2) is 60.9 Å². The van der Waals surface area contributed by atoms with Gasteiger partial charge in [0, 0.05) is 43.2 Å². The predicted octanol–water partition coefficient (Wildman–Crippen LogP) is 5.09. The first-order valence-electron chi connectivity index (χ1n) is 14.1. The number of hydrogen-bond donors (Lipinski definition) is 1. The van der Waals surface area contributed by atoms with Crippen molar-refractivity contribution in [3.05, 3.63) is 83.6 Å². The molecule has 2 fully saturated rings. The largest absolute Gasteiger partial charge is 0.339 e. The number of aromatic nitrogens is 4. The summed E-state index contributed by atoms with van der Waals surface area (Å²) >= 11 is 0. The molecule has 2 aromatic heterocycles. The van der Waals surface area contributed by atoms with Crippen LogP contribution >= 0.6 is 0 Å². The average Bonchev–Trinajstić information content (AvgIpc) is 3.40. The molecular weight excluding hydrogens is 472 g/mol. The molecule has 0 spiro atoms. The van der Waals surface area contributed by atoms with E-state index in [2.05, 4.69) is 28.8 Å². The Kier molecular flexibility index (Phi) is 7.18. The van der Waals surface area contributed by atoms with E-state index in [1.807, 2.05) is 41.6 Å². The summed E-state index contributed by atoms with van der Waals surface area (Å²) in [5.74, 6) is 1.58. The standard InChI is InChI=1S/C31H36N6O/c32-25-15-11-23(12-16-25)20-28-34-27(29-30(35-28)37(21-33-29)26-7-3-1-4-8-26)19-22-9-13-24(14-10-22)31(38)36-17-5-2-6-18-36/h1,3-4,7-10,13-14,21,23,25H,2,5-6,11-12,15-20,32H2. The van der Waals surface area contributed by atoms with Gasteiger partial charge in [-0.2, -0.15) is 0 Å². The van der Waals surface area contributed by atoms with E-state index < -0.39 is 0 Å². The summed E-state index contributed by atoms with van der Waals surface area (Å²) in [5, 5.41) is 0. The van der Waals surface area contributed by atoms with Crippen LogP contribution in [0, 0.1) is 5.92 Å². The van der Waals surface area contributed by atoms with Crippen LogP contribution in [0.3, 0.4) is 0 Å². The quantitative estimate of drug-likeness (QED) is 0.392. The number of rotatable bonds is 6. The molecule has 0 radical (unpaired) electrons. The van der Waals surface area contributed by atoms with E-state index in [1.165, 1.54) is 6.42 Å².